The molecule has 1 aromatic carbocycles. The standard InChI is InChI=1S/C18H24N4O2/c1-13(2)10-11-19-16-8-9-17(22-21-16)20-18(23)12-14-4-6-15(24-3)7-5-14/h4-9,13H,10-12H2,1-3H3,(H,19,21)(H,20,22,23). The van der Waals surface area contributed by atoms with Gasteiger partial charge in [-0.3, -0.25) is 4.79 Å². The van der Waals surface area contributed by atoms with E-state index in [-0.39, 0.29) is 12.3 Å². The van der Waals surface area contributed by atoms with Crippen LogP contribution in [0.4, 0.5) is 11.6 Å². The summed E-state index contributed by atoms with van der Waals surface area (Å²) in [6.45, 7) is 5.21. The van der Waals surface area contributed by atoms with E-state index in [1.54, 1.807) is 13.2 Å². The van der Waals surface area contributed by atoms with Crippen LogP contribution in [0.25, 0.3) is 0 Å². The van der Waals surface area contributed by atoms with Gasteiger partial charge in [-0.05, 0) is 42.2 Å². The Labute approximate surface area is 142 Å². The second kappa shape index (κ2) is 8.86. The molecule has 6 heteroatoms. The lowest BCUT2D eigenvalue weighted by molar-refractivity contribution is -0.115. The van der Waals surface area contributed by atoms with E-state index in [0.717, 1.165) is 24.3 Å². The first-order valence-corrected chi connectivity index (χ1v) is 8.07. The van der Waals surface area contributed by atoms with Gasteiger partial charge in [0.05, 0.1) is 13.5 Å². The van der Waals surface area contributed by atoms with Crippen molar-refractivity contribution in [2.75, 3.05) is 24.3 Å². The van der Waals surface area contributed by atoms with Crippen LogP contribution in [0.3, 0.4) is 0 Å². The lowest BCUT2D eigenvalue weighted by Gasteiger charge is -2.08. The smallest absolute Gasteiger partial charge is 0.229 e. The number of hydrogen-bond acceptors (Lipinski definition) is 5. The van der Waals surface area contributed by atoms with Crippen LogP contribution in [0.2, 0.25) is 0 Å². The Kier molecular flexibility index (Phi) is 6.54. The van der Waals surface area contributed by atoms with Gasteiger partial charge < -0.3 is 15.4 Å². The van der Waals surface area contributed by atoms with Crippen LogP contribution in [0.1, 0.15) is 25.8 Å². The number of ether oxygens (including phenoxy) is 1. The molecule has 2 N–H and O–H groups in total. The lowest BCUT2D eigenvalue weighted by Crippen LogP contribution is -2.16. The number of anilines is 2. The molecule has 2 rings (SSSR count). The summed E-state index contributed by atoms with van der Waals surface area (Å²) in [7, 11) is 1.61. The zero-order valence-electron chi connectivity index (χ0n) is 14.4. The Bertz CT molecular complexity index is 639. The number of carbonyl (C=O) groups excluding carboxylic acids is 1. The molecule has 1 amide bonds. The van der Waals surface area contributed by atoms with Crippen molar-refractivity contribution in [3.63, 3.8) is 0 Å². The van der Waals surface area contributed by atoms with E-state index in [9.17, 15) is 4.79 Å². The first kappa shape index (κ1) is 17.7. The molecular weight excluding hydrogens is 304 g/mol. The minimum Gasteiger partial charge on any atom is -0.497 e. The molecule has 0 fully saturated rings. The number of rotatable bonds is 8. The largest absolute Gasteiger partial charge is 0.497 e. The summed E-state index contributed by atoms with van der Waals surface area (Å²) < 4.78 is 5.10. The highest BCUT2D eigenvalue weighted by molar-refractivity contribution is 5.91. The first-order chi connectivity index (χ1) is 11.6. The topological polar surface area (TPSA) is 76.1 Å². The molecule has 0 aliphatic rings. The molecule has 0 unspecified atom stereocenters. The van der Waals surface area contributed by atoms with Crippen molar-refractivity contribution in [2.24, 2.45) is 5.92 Å². The molecule has 0 aliphatic heterocycles. The monoisotopic (exact) mass is 328 g/mol. The van der Waals surface area contributed by atoms with E-state index < -0.39 is 0 Å². The Morgan fingerprint density at radius 1 is 1.08 bits per heavy atom. The number of aromatic nitrogens is 2. The normalized spacial score (nSPS) is 10.5. The Hall–Kier alpha value is -2.63. The fraction of sp³-hybridized carbons (Fsp3) is 0.389. The number of benzene rings is 1. The summed E-state index contributed by atoms with van der Waals surface area (Å²) in [6, 6.07) is 11.0. The van der Waals surface area contributed by atoms with Crippen molar-refractivity contribution in [1.29, 1.82) is 0 Å². The summed E-state index contributed by atoms with van der Waals surface area (Å²) in [5.41, 5.74) is 0.910. The van der Waals surface area contributed by atoms with Crippen molar-refractivity contribution in [1.82, 2.24) is 10.2 Å². The number of amides is 1. The number of hydrogen-bond donors (Lipinski definition) is 2. The molecule has 0 spiro atoms. The highest BCUT2D eigenvalue weighted by Gasteiger charge is 2.06. The van der Waals surface area contributed by atoms with Gasteiger partial charge in [0.2, 0.25) is 5.91 Å². The predicted molar refractivity (Wildman–Crippen MR) is 95.3 cm³/mol. The summed E-state index contributed by atoms with van der Waals surface area (Å²) in [6.07, 6.45) is 1.35. The van der Waals surface area contributed by atoms with E-state index in [1.165, 1.54) is 0 Å². The molecule has 1 aromatic heterocycles. The Morgan fingerprint density at radius 2 is 1.75 bits per heavy atom. The fourth-order valence-electron chi connectivity index (χ4n) is 2.10. The van der Waals surface area contributed by atoms with E-state index in [2.05, 4.69) is 34.7 Å². The molecule has 128 valence electrons. The zero-order valence-corrected chi connectivity index (χ0v) is 14.4. The third kappa shape index (κ3) is 5.87. The fourth-order valence-corrected chi connectivity index (χ4v) is 2.10. The molecule has 0 bridgehead atoms. The van der Waals surface area contributed by atoms with Gasteiger partial charge >= 0.3 is 0 Å². The summed E-state index contributed by atoms with van der Waals surface area (Å²) in [5, 5.41) is 14.0. The van der Waals surface area contributed by atoms with Crippen molar-refractivity contribution < 1.29 is 9.53 Å². The molecule has 0 saturated heterocycles. The third-order valence-corrected chi connectivity index (χ3v) is 3.48. The molecule has 0 atom stereocenters. The quantitative estimate of drug-likeness (QED) is 0.778. The maximum Gasteiger partial charge on any atom is 0.229 e. The van der Waals surface area contributed by atoms with Gasteiger partial charge in [-0.25, -0.2) is 0 Å². The number of nitrogens with one attached hydrogen (secondary N) is 2. The van der Waals surface area contributed by atoms with Gasteiger partial charge in [0.15, 0.2) is 5.82 Å². The Morgan fingerprint density at radius 3 is 2.33 bits per heavy atom. The van der Waals surface area contributed by atoms with Crippen LogP contribution < -0.4 is 15.4 Å². The third-order valence-electron chi connectivity index (χ3n) is 3.48. The lowest BCUT2D eigenvalue weighted by atomic mass is 10.1. The predicted octanol–water partition coefficient (Wildman–Crippen LogP) is 3.12. The van der Waals surface area contributed by atoms with Crippen LogP contribution >= 0.6 is 0 Å². The van der Waals surface area contributed by atoms with E-state index in [0.29, 0.717) is 17.6 Å². The van der Waals surface area contributed by atoms with Crippen molar-refractivity contribution in [2.45, 2.75) is 26.7 Å². The molecule has 2 aromatic rings. The van der Waals surface area contributed by atoms with E-state index >= 15 is 0 Å². The van der Waals surface area contributed by atoms with E-state index in [4.69, 9.17) is 4.74 Å². The molecule has 1 heterocycles. The van der Waals surface area contributed by atoms with Gasteiger partial charge in [0.1, 0.15) is 11.6 Å². The van der Waals surface area contributed by atoms with Crippen molar-refractivity contribution >= 4 is 17.5 Å². The minimum absolute atomic E-state index is 0.130. The molecule has 6 nitrogen and oxygen atoms in total. The van der Waals surface area contributed by atoms with Crippen molar-refractivity contribution in [3.05, 3.63) is 42.0 Å². The second-order valence-corrected chi connectivity index (χ2v) is 5.99. The molecule has 0 aliphatic carbocycles. The summed E-state index contributed by atoms with van der Waals surface area (Å²) in [4.78, 5) is 12.0. The first-order valence-electron chi connectivity index (χ1n) is 8.07. The van der Waals surface area contributed by atoms with Gasteiger partial charge in [-0.15, -0.1) is 10.2 Å². The van der Waals surface area contributed by atoms with Gasteiger partial charge in [-0.2, -0.15) is 0 Å². The summed E-state index contributed by atoms with van der Waals surface area (Å²) in [5.74, 6) is 2.44. The minimum atomic E-state index is -0.130. The highest BCUT2D eigenvalue weighted by atomic mass is 16.5. The van der Waals surface area contributed by atoms with Crippen molar-refractivity contribution in [3.8, 4) is 5.75 Å². The highest BCUT2D eigenvalue weighted by Crippen LogP contribution is 2.12. The molecule has 24 heavy (non-hydrogen) atoms. The van der Waals surface area contributed by atoms with Gasteiger partial charge in [0.25, 0.3) is 0 Å². The van der Waals surface area contributed by atoms with Crippen LogP contribution in [0, 0.1) is 5.92 Å². The van der Waals surface area contributed by atoms with Crippen LogP contribution in [-0.2, 0) is 11.2 Å². The van der Waals surface area contributed by atoms with Gasteiger partial charge in [0, 0.05) is 6.54 Å². The number of carbonyl (C=O) groups is 1. The van der Waals surface area contributed by atoms with Crippen LogP contribution in [-0.4, -0.2) is 29.8 Å². The molecular formula is C18H24N4O2. The van der Waals surface area contributed by atoms with E-state index in [1.807, 2.05) is 30.3 Å². The average molecular weight is 328 g/mol. The van der Waals surface area contributed by atoms with Crippen LogP contribution in [0.15, 0.2) is 36.4 Å². The maximum absolute atomic E-state index is 12.0. The second-order valence-electron chi connectivity index (χ2n) is 5.99. The zero-order chi connectivity index (χ0) is 17.4. The Balaban J connectivity index is 1.82. The molecule has 0 radical (unpaired) electrons. The molecule has 0 saturated carbocycles. The van der Waals surface area contributed by atoms with Crippen LogP contribution in [0.5, 0.6) is 5.75 Å². The summed E-state index contributed by atoms with van der Waals surface area (Å²) >= 11 is 0. The SMILES string of the molecule is COc1ccc(CC(=O)Nc2ccc(NCCC(C)C)nn2)cc1. The average Bonchev–Trinajstić information content (AvgIpc) is 2.57. The van der Waals surface area contributed by atoms with Gasteiger partial charge in [-0.1, -0.05) is 26.0 Å². The maximum atomic E-state index is 12.0. The number of methoxy groups -OCH3 is 1. The number of nitrogens with zero attached hydrogens (tertiary/aromatic N) is 2.